The fourth-order valence-electron chi connectivity index (χ4n) is 3.27. The number of rotatable bonds is 5. The van der Waals surface area contributed by atoms with Gasteiger partial charge >= 0.3 is 0 Å². The second-order valence-electron chi connectivity index (χ2n) is 6.50. The Morgan fingerprint density at radius 1 is 1.24 bits per heavy atom. The summed E-state index contributed by atoms with van der Waals surface area (Å²) in [6, 6.07) is 10.2. The molecule has 1 aliphatic heterocycles. The zero-order chi connectivity index (χ0) is 17.8. The molecular weight excluding hydrogens is 316 g/mol. The third kappa shape index (κ3) is 3.91. The van der Waals surface area contributed by atoms with Crippen LogP contribution in [0.25, 0.3) is 5.69 Å². The fourth-order valence-corrected chi connectivity index (χ4v) is 3.27. The summed E-state index contributed by atoms with van der Waals surface area (Å²) in [5, 5.41) is 7.62. The summed E-state index contributed by atoms with van der Waals surface area (Å²) in [4.78, 5) is 15.1. The maximum atomic E-state index is 12.7. The molecule has 0 radical (unpaired) electrons. The van der Waals surface area contributed by atoms with Gasteiger partial charge in [-0.1, -0.05) is 18.2 Å². The van der Waals surface area contributed by atoms with Gasteiger partial charge in [-0.2, -0.15) is 5.10 Å². The summed E-state index contributed by atoms with van der Waals surface area (Å²) in [5.41, 5.74) is 3.24. The predicted molar refractivity (Wildman–Crippen MR) is 97.2 cm³/mol. The van der Waals surface area contributed by atoms with E-state index in [1.54, 1.807) is 0 Å². The largest absolute Gasteiger partial charge is 0.379 e. The van der Waals surface area contributed by atoms with Crippen molar-refractivity contribution < 1.29 is 9.53 Å². The molecule has 2 heterocycles. The molecule has 6 nitrogen and oxygen atoms in total. The minimum absolute atomic E-state index is 0.0581. The van der Waals surface area contributed by atoms with E-state index in [9.17, 15) is 4.79 Å². The number of aromatic nitrogens is 2. The zero-order valence-corrected chi connectivity index (χ0v) is 15.2. The van der Waals surface area contributed by atoms with Crippen LogP contribution in [0.1, 0.15) is 28.7 Å². The fraction of sp³-hybridized carbons (Fsp3) is 0.474. The van der Waals surface area contributed by atoms with Crippen molar-refractivity contribution in [2.75, 3.05) is 32.8 Å². The zero-order valence-electron chi connectivity index (χ0n) is 15.2. The number of carbonyl (C=O) groups is 1. The quantitative estimate of drug-likeness (QED) is 0.902. The van der Waals surface area contributed by atoms with Gasteiger partial charge in [0.25, 0.3) is 5.91 Å². The first kappa shape index (κ1) is 17.6. The summed E-state index contributed by atoms with van der Waals surface area (Å²) in [5.74, 6) is -0.0581. The van der Waals surface area contributed by atoms with Gasteiger partial charge in [-0.05, 0) is 32.9 Å². The Balaban J connectivity index is 1.69. The Labute approximate surface area is 148 Å². The molecule has 1 unspecified atom stereocenters. The lowest BCUT2D eigenvalue weighted by Crippen LogP contribution is -2.47. The second kappa shape index (κ2) is 7.80. The smallest absolute Gasteiger partial charge is 0.255 e. The molecule has 6 heteroatoms. The van der Waals surface area contributed by atoms with Gasteiger partial charge in [-0.3, -0.25) is 9.69 Å². The average Bonchev–Trinajstić information content (AvgIpc) is 2.95. The summed E-state index contributed by atoms with van der Waals surface area (Å²) in [6.45, 7) is 9.94. The van der Waals surface area contributed by atoms with Gasteiger partial charge in [-0.15, -0.1) is 0 Å². The van der Waals surface area contributed by atoms with Crippen molar-refractivity contribution in [3.63, 3.8) is 0 Å². The molecule has 1 aromatic heterocycles. The van der Waals surface area contributed by atoms with Gasteiger partial charge in [0.05, 0.1) is 35.9 Å². The second-order valence-corrected chi connectivity index (χ2v) is 6.50. The van der Waals surface area contributed by atoms with E-state index in [-0.39, 0.29) is 11.9 Å². The molecule has 1 atom stereocenters. The highest BCUT2D eigenvalue weighted by atomic mass is 16.5. The van der Waals surface area contributed by atoms with Crippen LogP contribution in [0.15, 0.2) is 30.3 Å². The van der Waals surface area contributed by atoms with Crippen molar-refractivity contribution in [3.8, 4) is 5.69 Å². The van der Waals surface area contributed by atoms with Crippen LogP contribution >= 0.6 is 0 Å². The first-order valence-corrected chi connectivity index (χ1v) is 8.79. The van der Waals surface area contributed by atoms with Crippen LogP contribution in [0.5, 0.6) is 0 Å². The number of hydrogen-bond donors (Lipinski definition) is 1. The first-order valence-electron chi connectivity index (χ1n) is 8.79. The molecule has 25 heavy (non-hydrogen) atoms. The molecule has 134 valence electrons. The molecule has 0 spiro atoms. The standard InChI is InChI=1S/C19H26N4O2/c1-14(22-9-11-25-12-10-22)13-20-19(24)18-15(2)21-23(16(18)3)17-7-5-4-6-8-17/h4-8,14H,9-13H2,1-3H3,(H,20,24). The normalized spacial score (nSPS) is 16.6. The SMILES string of the molecule is Cc1nn(-c2ccccc2)c(C)c1C(=O)NCC(C)N1CCOCC1. The van der Waals surface area contributed by atoms with Gasteiger partial charge in [0.2, 0.25) is 0 Å². The van der Waals surface area contributed by atoms with Crippen molar-refractivity contribution in [2.24, 2.45) is 0 Å². The number of amides is 1. The summed E-state index contributed by atoms with van der Waals surface area (Å²) in [6.07, 6.45) is 0. The molecule has 1 amide bonds. The highest BCUT2D eigenvalue weighted by molar-refractivity contribution is 5.96. The van der Waals surface area contributed by atoms with Gasteiger partial charge in [-0.25, -0.2) is 4.68 Å². The topological polar surface area (TPSA) is 59.4 Å². The Hall–Kier alpha value is -2.18. The third-order valence-corrected chi connectivity index (χ3v) is 4.75. The highest BCUT2D eigenvalue weighted by Gasteiger charge is 2.21. The Morgan fingerprint density at radius 2 is 1.92 bits per heavy atom. The van der Waals surface area contributed by atoms with E-state index in [0.29, 0.717) is 12.1 Å². The van der Waals surface area contributed by atoms with E-state index in [2.05, 4.69) is 22.2 Å². The summed E-state index contributed by atoms with van der Waals surface area (Å²) >= 11 is 0. The van der Waals surface area contributed by atoms with Crippen LogP contribution in [0.2, 0.25) is 0 Å². The van der Waals surface area contributed by atoms with Crippen molar-refractivity contribution in [1.29, 1.82) is 0 Å². The first-order chi connectivity index (χ1) is 12.1. The van der Waals surface area contributed by atoms with Gasteiger partial charge < -0.3 is 10.1 Å². The van der Waals surface area contributed by atoms with Gasteiger partial charge in [0.15, 0.2) is 0 Å². The number of carbonyl (C=O) groups excluding carboxylic acids is 1. The maximum absolute atomic E-state index is 12.7. The Morgan fingerprint density at radius 3 is 2.60 bits per heavy atom. The van der Waals surface area contributed by atoms with Crippen molar-refractivity contribution in [2.45, 2.75) is 26.8 Å². The minimum atomic E-state index is -0.0581. The molecule has 1 saturated heterocycles. The number of ether oxygens (including phenoxy) is 1. The van der Waals surface area contributed by atoms with Crippen LogP contribution < -0.4 is 5.32 Å². The molecule has 0 aliphatic carbocycles. The molecular formula is C19H26N4O2. The average molecular weight is 342 g/mol. The lowest BCUT2D eigenvalue weighted by Gasteiger charge is -2.32. The van der Waals surface area contributed by atoms with Crippen LogP contribution in [-0.2, 0) is 4.74 Å². The molecule has 0 bridgehead atoms. The summed E-state index contributed by atoms with van der Waals surface area (Å²) < 4.78 is 7.21. The lowest BCUT2D eigenvalue weighted by atomic mass is 10.1. The monoisotopic (exact) mass is 342 g/mol. The molecule has 1 aliphatic rings. The maximum Gasteiger partial charge on any atom is 0.255 e. The van der Waals surface area contributed by atoms with E-state index in [1.807, 2.05) is 48.9 Å². The van der Waals surface area contributed by atoms with Crippen LogP contribution in [-0.4, -0.2) is 59.5 Å². The van der Waals surface area contributed by atoms with Gasteiger partial charge in [0.1, 0.15) is 0 Å². The van der Waals surface area contributed by atoms with E-state index in [4.69, 9.17) is 4.74 Å². The summed E-state index contributed by atoms with van der Waals surface area (Å²) in [7, 11) is 0. The molecule has 1 aromatic carbocycles. The Bertz CT molecular complexity index is 721. The molecule has 2 aromatic rings. The van der Waals surface area contributed by atoms with Crippen LogP contribution in [0.4, 0.5) is 0 Å². The lowest BCUT2D eigenvalue weighted by molar-refractivity contribution is 0.0204. The van der Waals surface area contributed by atoms with Gasteiger partial charge in [0, 0.05) is 25.7 Å². The highest BCUT2D eigenvalue weighted by Crippen LogP contribution is 2.17. The number of aryl methyl sites for hydroxylation is 1. The van der Waals surface area contributed by atoms with Crippen molar-refractivity contribution in [1.82, 2.24) is 20.0 Å². The number of nitrogens with one attached hydrogen (secondary N) is 1. The number of benzene rings is 1. The molecule has 3 rings (SSSR count). The minimum Gasteiger partial charge on any atom is -0.379 e. The molecule has 1 fully saturated rings. The van der Waals surface area contributed by atoms with E-state index in [0.717, 1.165) is 43.4 Å². The Kier molecular flexibility index (Phi) is 5.50. The van der Waals surface area contributed by atoms with E-state index >= 15 is 0 Å². The number of morpholine rings is 1. The van der Waals surface area contributed by atoms with Crippen molar-refractivity contribution >= 4 is 5.91 Å². The number of para-hydroxylation sites is 1. The predicted octanol–water partition coefficient (Wildman–Crippen LogP) is 1.94. The third-order valence-electron chi connectivity index (χ3n) is 4.75. The van der Waals surface area contributed by atoms with E-state index < -0.39 is 0 Å². The number of nitrogens with zero attached hydrogens (tertiary/aromatic N) is 3. The van der Waals surface area contributed by atoms with Crippen LogP contribution in [0.3, 0.4) is 0 Å². The molecule has 1 N–H and O–H groups in total. The van der Waals surface area contributed by atoms with Crippen molar-refractivity contribution in [3.05, 3.63) is 47.3 Å². The molecule has 0 saturated carbocycles. The van der Waals surface area contributed by atoms with E-state index in [1.165, 1.54) is 0 Å². The number of hydrogen-bond acceptors (Lipinski definition) is 4. The van der Waals surface area contributed by atoms with Crippen LogP contribution in [0, 0.1) is 13.8 Å².